The lowest BCUT2D eigenvalue weighted by Gasteiger charge is -2.07. The number of fused-ring (bicyclic) bond motifs is 1. The number of nitrogens with two attached hydrogens (primary N) is 1. The van der Waals surface area contributed by atoms with Crippen molar-refractivity contribution in [1.29, 1.82) is 0 Å². The molecule has 1 heterocycles. The number of aromatic nitrogens is 1. The van der Waals surface area contributed by atoms with Crippen molar-refractivity contribution in [3.8, 4) is 0 Å². The number of rotatable bonds is 3. The summed E-state index contributed by atoms with van der Waals surface area (Å²) in [6.07, 6.45) is 2.13. The van der Waals surface area contributed by atoms with Gasteiger partial charge >= 0.3 is 0 Å². The predicted molar refractivity (Wildman–Crippen MR) is 72.0 cm³/mol. The summed E-state index contributed by atoms with van der Waals surface area (Å²) < 4.78 is 1.13. The first-order valence-corrected chi connectivity index (χ1v) is 6.05. The van der Waals surface area contributed by atoms with Gasteiger partial charge in [-0.15, -0.1) is 11.3 Å². The molecule has 0 saturated heterocycles. The smallest absolute Gasteiger partial charge is 0.106 e. The largest absolute Gasteiger partial charge is 0.395 e. The fourth-order valence-electron chi connectivity index (χ4n) is 1.47. The molecule has 0 aliphatic heterocycles. The van der Waals surface area contributed by atoms with E-state index >= 15 is 0 Å². The number of nitrogen functional groups attached to an aromatic ring is 1. The molecule has 3 nitrogen and oxygen atoms in total. The molecule has 2 rings (SSSR count). The normalized spacial score (nSPS) is 10.4. The minimum atomic E-state index is 0.737. The molecule has 1 aromatic carbocycles. The van der Waals surface area contributed by atoms with Gasteiger partial charge in [0.15, 0.2) is 0 Å². The maximum absolute atomic E-state index is 6.04. The van der Waals surface area contributed by atoms with Crippen molar-refractivity contribution in [3.05, 3.63) is 29.3 Å². The summed E-state index contributed by atoms with van der Waals surface area (Å²) in [6.45, 7) is 4.95. The van der Waals surface area contributed by atoms with Crippen molar-refractivity contribution in [2.24, 2.45) is 0 Å². The molecule has 0 radical (unpaired) electrons. The van der Waals surface area contributed by atoms with Crippen LogP contribution >= 0.6 is 11.3 Å². The van der Waals surface area contributed by atoms with Crippen molar-refractivity contribution in [3.63, 3.8) is 0 Å². The van der Waals surface area contributed by atoms with E-state index in [1.807, 2.05) is 17.6 Å². The second-order valence-corrected chi connectivity index (χ2v) is 4.77. The zero-order chi connectivity index (χ0) is 11.5. The molecule has 84 valence electrons. The van der Waals surface area contributed by atoms with E-state index in [-0.39, 0.29) is 0 Å². The number of allylic oxidation sites excluding steroid dienone is 1. The Morgan fingerprint density at radius 1 is 1.50 bits per heavy atom. The number of thiazole rings is 1. The van der Waals surface area contributed by atoms with E-state index < -0.39 is 0 Å². The van der Waals surface area contributed by atoms with Crippen molar-refractivity contribution in [2.45, 2.75) is 13.8 Å². The minimum Gasteiger partial charge on any atom is -0.395 e. The van der Waals surface area contributed by atoms with E-state index in [1.165, 1.54) is 5.57 Å². The molecule has 0 saturated carbocycles. The van der Waals surface area contributed by atoms with Gasteiger partial charge in [-0.1, -0.05) is 11.6 Å². The second kappa shape index (κ2) is 4.53. The highest BCUT2D eigenvalue weighted by Crippen LogP contribution is 2.29. The lowest BCUT2D eigenvalue weighted by atomic mass is 10.2. The molecule has 16 heavy (non-hydrogen) atoms. The molecule has 0 aliphatic carbocycles. The van der Waals surface area contributed by atoms with E-state index in [0.29, 0.717) is 0 Å². The molecule has 0 aliphatic rings. The first kappa shape index (κ1) is 11.0. The van der Waals surface area contributed by atoms with Crippen molar-refractivity contribution < 1.29 is 0 Å². The van der Waals surface area contributed by atoms with Crippen LogP contribution in [0.4, 0.5) is 11.4 Å². The molecular formula is C12H15N3S. The van der Waals surface area contributed by atoms with Crippen LogP contribution in [0.5, 0.6) is 0 Å². The van der Waals surface area contributed by atoms with Gasteiger partial charge in [0.1, 0.15) is 5.52 Å². The lowest BCUT2D eigenvalue weighted by Crippen LogP contribution is -2.02. The van der Waals surface area contributed by atoms with E-state index in [9.17, 15) is 0 Å². The van der Waals surface area contributed by atoms with Gasteiger partial charge in [-0.25, -0.2) is 4.98 Å². The molecule has 1 aromatic heterocycles. The highest BCUT2D eigenvalue weighted by Gasteiger charge is 2.05. The van der Waals surface area contributed by atoms with Crippen LogP contribution in [0.15, 0.2) is 29.3 Å². The zero-order valence-corrected chi connectivity index (χ0v) is 10.3. The fourth-order valence-corrected chi connectivity index (χ4v) is 2.16. The third kappa shape index (κ3) is 2.17. The van der Waals surface area contributed by atoms with Gasteiger partial charge in [0.25, 0.3) is 0 Å². The number of hydrogen-bond acceptors (Lipinski definition) is 4. The highest BCUT2D eigenvalue weighted by atomic mass is 32.1. The SMILES string of the molecule is CC(C)=CCNc1ccc2scnc2c1N. The number of anilines is 2. The molecule has 4 heteroatoms. The van der Waals surface area contributed by atoms with Crippen LogP contribution in [0, 0.1) is 0 Å². The van der Waals surface area contributed by atoms with E-state index in [2.05, 4.69) is 30.2 Å². The van der Waals surface area contributed by atoms with Crippen molar-refractivity contribution >= 4 is 32.9 Å². The second-order valence-electron chi connectivity index (χ2n) is 3.89. The minimum absolute atomic E-state index is 0.737. The maximum Gasteiger partial charge on any atom is 0.106 e. The molecule has 0 amide bonds. The van der Waals surface area contributed by atoms with Gasteiger partial charge in [0.2, 0.25) is 0 Å². The Balaban J connectivity index is 2.24. The van der Waals surface area contributed by atoms with Gasteiger partial charge in [0.05, 0.1) is 21.6 Å². The van der Waals surface area contributed by atoms with Gasteiger partial charge in [-0.05, 0) is 26.0 Å². The van der Waals surface area contributed by atoms with Crippen LogP contribution < -0.4 is 11.1 Å². The Kier molecular flexibility index (Phi) is 3.10. The highest BCUT2D eigenvalue weighted by molar-refractivity contribution is 7.16. The van der Waals surface area contributed by atoms with Gasteiger partial charge in [-0.3, -0.25) is 0 Å². The summed E-state index contributed by atoms with van der Waals surface area (Å²) in [4.78, 5) is 4.26. The monoisotopic (exact) mass is 233 g/mol. The summed E-state index contributed by atoms with van der Waals surface area (Å²) in [5.74, 6) is 0. The number of benzene rings is 1. The molecule has 0 fully saturated rings. The third-order valence-corrected chi connectivity index (χ3v) is 3.14. The number of hydrogen-bond donors (Lipinski definition) is 2. The molecule has 0 spiro atoms. The number of nitrogens with zero attached hydrogens (tertiary/aromatic N) is 1. The van der Waals surface area contributed by atoms with Crippen LogP contribution in [-0.2, 0) is 0 Å². The van der Waals surface area contributed by atoms with E-state index in [0.717, 1.165) is 28.1 Å². The van der Waals surface area contributed by atoms with Crippen LogP contribution in [0.3, 0.4) is 0 Å². The van der Waals surface area contributed by atoms with Crippen molar-refractivity contribution in [1.82, 2.24) is 4.98 Å². The Morgan fingerprint density at radius 3 is 3.06 bits per heavy atom. The quantitative estimate of drug-likeness (QED) is 0.632. The number of nitrogens with one attached hydrogen (secondary N) is 1. The van der Waals surface area contributed by atoms with Crippen LogP contribution in [-0.4, -0.2) is 11.5 Å². The maximum atomic E-state index is 6.04. The van der Waals surface area contributed by atoms with E-state index in [1.54, 1.807) is 11.3 Å². The van der Waals surface area contributed by atoms with Crippen LogP contribution in [0.2, 0.25) is 0 Å². The molecule has 0 unspecified atom stereocenters. The van der Waals surface area contributed by atoms with Crippen LogP contribution in [0.1, 0.15) is 13.8 Å². The summed E-state index contributed by atoms with van der Waals surface area (Å²) in [6, 6.07) is 4.06. The molecular weight excluding hydrogens is 218 g/mol. The van der Waals surface area contributed by atoms with E-state index in [4.69, 9.17) is 5.73 Å². The van der Waals surface area contributed by atoms with Gasteiger partial charge in [0, 0.05) is 6.54 Å². The topological polar surface area (TPSA) is 50.9 Å². The average molecular weight is 233 g/mol. The van der Waals surface area contributed by atoms with Crippen molar-refractivity contribution in [2.75, 3.05) is 17.6 Å². The Hall–Kier alpha value is -1.55. The zero-order valence-electron chi connectivity index (χ0n) is 9.45. The summed E-state index contributed by atoms with van der Waals surface area (Å²) in [5, 5.41) is 3.29. The summed E-state index contributed by atoms with van der Waals surface area (Å²) in [7, 11) is 0. The first-order valence-electron chi connectivity index (χ1n) is 5.17. The molecule has 0 atom stereocenters. The summed E-state index contributed by atoms with van der Waals surface area (Å²) in [5.41, 5.74) is 11.7. The Bertz CT molecular complexity index is 524. The van der Waals surface area contributed by atoms with Gasteiger partial charge in [-0.2, -0.15) is 0 Å². The fraction of sp³-hybridized carbons (Fsp3) is 0.250. The first-order chi connectivity index (χ1) is 7.68. The van der Waals surface area contributed by atoms with Crippen LogP contribution in [0.25, 0.3) is 10.2 Å². The lowest BCUT2D eigenvalue weighted by molar-refractivity contribution is 1.26. The Morgan fingerprint density at radius 2 is 2.31 bits per heavy atom. The third-order valence-electron chi connectivity index (χ3n) is 2.34. The average Bonchev–Trinajstić information content (AvgIpc) is 2.69. The molecule has 2 aromatic rings. The summed E-state index contributed by atoms with van der Waals surface area (Å²) >= 11 is 1.61. The standard InChI is InChI=1S/C12H15N3S/c1-8(2)5-6-14-9-3-4-10-12(11(9)13)15-7-16-10/h3-5,7,14H,6,13H2,1-2H3. The Labute approximate surface area is 99.0 Å². The predicted octanol–water partition coefficient (Wildman–Crippen LogP) is 3.26. The van der Waals surface area contributed by atoms with Gasteiger partial charge < -0.3 is 11.1 Å². The molecule has 0 bridgehead atoms. The molecule has 3 N–H and O–H groups in total.